The van der Waals surface area contributed by atoms with Gasteiger partial charge in [0.15, 0.2) is 11.9 Å². The number of ether oxygens (including phenoxy) is 3. The lowest BCUT2D eigenvalue weighted by molar-refractivity contribution is -0.178. The number of aliphatic hydroxyl groups excluding tert-OH is 1. The van der Waals surface area contributed by atoms with Gasteiger partial charge in [0.1, 0.15) is 11.6 Å². The van der Waals surface area contributed by atoms with Crippen molar-refractivity contribution in [3.8, 4) is 0 Å². The van der Waals surface area contributed by atoms with E-state index in [0.29, 0.717) is 48.9 Å². The maximum Gasteiger partial charge on any atom is 0.306 e. The van der Waals surface area contributed by atoms with Crippen molar-refractivity contribution in [2.45, 2.75) is 64.2 Å². The molecule has 4 unspecified atom stereocenters. The van der Waals surface area contributed by atoms with Crippen molar-refractivity contribution in [2.24, 2.45) is 23.7 Å². The Bertz CT molecular complexity index is 1730. The number of amides is 1. The Hall–Kier alpha value is -4.29. The predicted octanol–water partition coefficient (Wildman–Crippen LogP) is 4.96. The number of carbonyl (C=O) groups excluding carboxylic acids is 2. The van der Waals surface area contributed by atoms with E-state index in [0.717, 1.165) is 17.5 Å². The highest BCUT2D eigenvalue weighted by molar-refractivity contribution is 5.96. The molecule has 1 amide bonds. The number of aliphatic hydroxyl groups is 1. The average molecular weight is 669 g/mol. The quantitative estimate of drug-likeness (QED) is 0.125. The Labute approximate surface area is 285 Å². The number of benzene rings is 3. The highest BCUT2D eigenvalue weighted by atomic mass is 16.7. The summed E-state index contributed by atoms with van der Waals surface area (Å²) >= 11 is 0. The lowest BCUT2D eigenvalue weighted by Crippen LogP contribution is -2.47. The number of oxazole rings is 1. The van der Waals surface area contributed by atoms with Crippen LogP contribution < -0.4 is 10.7 Å². The monoisotopic (exact) mass is 668 g/mol. The van der Waals surface area contributed by atoms with Crippen molar-refractivity contribution in [2.75, 3.05) is 25.1 Å². The van der Waals surface area contributed by atoms with E-state index in [-0.39, 0.29) is 61.0 Å². The number of hydrogen-bond acceptors (Lipinski definition) is 10. The molecule has 1 aliphatic carbocycles. The van der Waals surface area contributed by atoms with E-state index in [1.54, 1.807) is 23.2 Å². The van der Waals surface area contributed by atoms with E-state index in [2.05, 4.69) is 15.7 Å². The summed E-state index contributed by atoms with van der Waals surface area (Å²) in [6.07, 6.45) is 0.0325. The molecule has 3 aromatic carbocycles. The van der Waals surface area contributed by atoms with Gasteiger partial charge in [-0.15, -0.1) is 0 Å². The number of nitrogens with one attached hydrogen (secondary N) is 2. The maximum absolute atomic E-state index is 13.6. The van der Waals surface area contributed by atoms with E-state index in [4.69, 9.17) is 18.6 Å². The van der Waals surface area contributed by atoms with Gasteiger partial charge in [0.25, 0.3) is 11.9 Å². The minimum absolute atomic E-state index is 0.0316. The molecule has 2 bridgehead atoms. The van der Waals surface area contributed by atoms with E-state index in [9.17, 15) is 14.7 Å². The van der Waals surface area contributed by atoms with Crippen molar-refractivity contribution in [3.05, 3.63) is 95.6 Å². The van der Waals surface area contributed by atoms with Gasteiger partial charge < -0.3 is 29.1 Å². The molecule has 11 heteroatoms. The molecule has 2 saturated heterocycles. The fraction of sp³-hybridized carbons (Fsp3) is 0.447. The largest absolute Gasteiger partial charge is 0.462 e. The Morgan fingerprint density at radius 2 is 1.71 bits per heavy atom. The highest BCUT2D eigenvalue weighted by Crippen LogP contribution is 2.49. The summed E-state index contributed by atoms with van der Waals surface area (Å²) in [6.45, 7) is 5.47. The first-order valence-electron chi connectivity index (χ1n) is 17.2. The molecule has 1 aromatic heterocycles. The zero-order valence-corrected chi connectivity index (χ0v) is 27.9. The summed E-state index contributed by atoms with van der Waals surface area (Å²) in [7, 11) is 0. The fourth-order valence-corrected chi connectivity index (χ4v) is 7.44. The van der Waals surface area contributed by atoms with Crippen LogP contribution in [0, 0.1) is 23.7 Å². The summed E-state index contributed by atoms with van der Waals surface area (Å²) in [4.78, 5) is 31.6. The zero-order chi connectivity index (χ0) is 33.9. The Morgan fingerprint density at radius 1 is 0.980 bits per heavy atom. The van der Waals surface area contributed by atoms with Crippen LogP contribution in [0.15, 0.2) is 83.3 Å². The second kappa shape index (κ2) is 14.7. The topological polar surface area (TPSA) is 135 Å². The van der Waals surface area contributed by atoms with Crippen LogP contribution in [0.1, 0.15) is 48.2 Å². The number of carbonyl (C=O) groups is 2. The fourth-order valence-electron chi connectivity index (χ4n) is 7.44. The lowest BCUT2D eigenvalue weighted by Gasteiger charge is -2.31. The van der Waals surface area contributed by atoms with Crippen LogP contribution in [0.4, 0.5) is 6.01 Å². The molecule has 3 N–H and O–H groups in total. The van der Waals surface area contributed by atoms with Crippen LogP contribution in [-0.2, 0) is 32.0 Å². The van der Waals surface area contributed by atoms with E-state index >= 15 is 0 Å². The van der Waals surface area contributed by atoms with Crippen LogP contribution in [0.3, 0.4) is 0 Å². The van der Waals surface area contributed by atoms with Crippen LogP contribution >= 0.6 is 0 Å². The summed E-state index contributed by atoms with van der Waals surface area (Å²) in [5, 5.41) is 16.7. The van der Waals surface area contributed by atoms with Gasteiger partial charge in [-0.2, -0.15) is 4.98 Å². The number of fused-ring (bicyclic) bond motifs is 2. The van der Waals surface area contributed by atoms with Gasteiger partial charge in [-0.3, -0.25) is 15.0 Å². The van der Waals surface area contributed by atoms with Crippen LogP contribution in [0.2, 0.25) is 0 Å². The van der Waals surface area contributed by atoms with E-state index in [1.165, 1.54) is 0 Å². The van der Waals surface area contributed by atoms with Gasteiger partial charge in [-0.25, -0.2) is 5.01 Å². The number of hydrogen-bond donors (Lipinski definition) is 3. The molecule has 0 spiro atoms. The molecule has 7 atom stereocenters. The van der Waals surface area contributed by atoms with Crippen molar-refractivity contribution in [1.29, 1.82) is 0 Å². The first-order valence-corrected chi connectivity index (χ1v) is 17.2. The molecular weight excluding hydrogens is 624 g/mol. The lowest BCUT2D eigenvalue weighted by atomic mass is 9.90. The molecule has 4 aromatic rings. The molecule has 1 saturated carbocycles. The summed E-state index contributed by atoms with van der Waals surface area (Å²) in [5.74, 6) is -0.586. The molecule has 3 fully saturated rings. The van der Waals surface area contributed by atoms with Crippen molar-refractivity contribution in [3.63, 3.8) is 0 Å². The Balaban J connectivity index is 1.07. The van der Waals surface area contributed by atoms with Crippen molar-refractivity contribution in [1.82, 2.24) is 15.4 Å². The summed E-state index contributed by atoms with van der Waals surface area (Å²) in [5.41, 5.74) is 6.48. The molecule has 0 radical (unpaired) electrons. The van der Waals surface area contributed by atoms with E-state index in [1.807, 2.05) is 74.5 Å². The van der Waals surface area contributed by atoms with E-state index < -0.39 is 12.0 Å². The smallest absolute Gasteiger partial charge is 0.306 e. The van der Waals surface area contributed by atoms with Crippen LogP contribution in [0.25, 0.3) is 11.1 Å². The molecular formula is C38H44N4O7. The molecule has 3 aliphatic rings. The van der Waals surface area contributed by atoms with Crippen LogP contribution in [-0.4, -0.2) is 71.3 Å². The normalized spacial score (nSPS) is 23.9. The van der Waals surface area contributed by atoms with Gasteiger partial charge in [0.05, 0.1) is 25.7 Å². The molecule has 258 valence electrons. The van der Waals surface area contributed by atoms with Gasteiger partial charge in [0.2, 0.25) is 0 Å². The SMILES string of the molecule is CC(C)Nc1nc2ccc(C(=O)NN(Cc3ccccc3)C[C@H](O)[C@@H](CC(=O)OC3C4COC5OC[C@H]3CC54)Cc3ccccc3)cc2o1. The summed E-state index contributed by atoms with van der Waals surface area (Å²) in [6, 6.07) is 25.2. The second-order valence-electron chi connectivity index (χ2n) is 13.8. The Morgan fingerprint density at radius 3 is 2.47 bits per heavy atom. The third-order valence-electron chi connectivity index (χ3n) is 9.82. The minimum atomic E-state index is -0.969. The van der Waals surface area contributed by atoms with Gasteiger partial charge >= 0.3 is 5.97 Å². The Kier molecular flexibility index (Phi) is 9.95. The van der Waals surface area contributed by atoms with Gasteiger partial charge in [-0.05, 0) is 56.0 Å². The van der Waals surface area contributed by atoms with Gasteiger partial charge in [0, 0.05) is 48.4 Å². The maximum atomic E-state index is 13.6. The second-order valence-corrected chi connectivity index (χ2v) is 13.8. The highest BCUT2D eigenvalue weighted by Gasteiger charge is 2.56. The number of aromatic nitrogens is 1. The first kappa shape index (κ1) is 33.2. The first-order chi connectivity index (χ1) is 23.8. The van der Waals surface area contributed by atoms with Gasteiger partial charge in [-0.1, -0.05) is 60.7 Å². The molecule has 3 heterocycles. The molecule has 11 nitrogen and oxygen atoms in total. The molecule has 49 heavy (non-hydrogen) atoms. The summed E-state index contributed by atoms with van der Waals surface area (Å²) < 4.78 is 23.6. The number of hydrazine groups is 1. The molecule has 7 rings (SSSR count). The third kappa shape index (κ3) is 7.80. The van der Waals surface area contributed by atoms with Crippen LogP contribution in [0.5, 0.6) is 0 Å². The minimum Gasteiger partial charge on any atom is -0.462 e. The number of nitrogens with zero attached hydrogens (tertiary/aromatic N) is 2. The number of rotatable bonds is 14. The molecule has 2 aliphatic heterocycles. The number of esters is 1. The van der Waals surface area contributed by atoms with Crippen molar-refractivity contribution >= 4 is 29.0 Å². The zero-order valence-electron chi connectivity index (χ0n) is 27.9. The predicted molar refractivity (Wildman–Crippen MR) is 182 cm³/mol. The third-order valence-corrected chi connectivity index (χ3v) is 9.82. The van der Waals surface area contributed by atoms with Crippen molar-refractivity contribution < 1.29 is 33.3 Å². The standard InChI is InChI=1S/C38H44N4O7/c1-23(2)39-38-40-31-14-13-26(17-33(31)48-38)36(45)41-42(19-25-11-7-4-8-12-25)20-32(43)27(15-24-9-5-3-6-10-24)18-34(44)49-35-28-16-29-30(35)22-47-37(29)46-21-28/h3-14,17,23,27-30,32,35,37,43H,15-16,18-22H2,1-2H3,(H,39,40)(H,41,45)/t27-,28-,29?,30?,32+,35?,37?/m1/s1. The average Bonchev–Trinajstić information content (AvgIpc) is 3.76. The number of anilines is 1.